The lowest BCUT2D eigenvalue weighted by Crippen LogP contribution is -2.32. The van der Waals surface area contributed by atoms with Crippen molar-refractivity contribution in [3.63, 3.8) is 0 Å². The Morgan fingerprint density at radius 1 is 1.19 bits per heavy atom. The summed E-state index contributed by atoms with van der Waals surface area (Å²) in [7, 11) is 0. The molecule has 1 fully saturated rings. The Labute approximate surface area is 187 Å². The van der Waals surface area contributed by atoms with Crippen molar-refractivity contribution in [2.75, 3.05) is 0 Å². The van der Waals surface area contributed by atoms with Crippen molar-refractivity contribution in [1.82, 2.24) is 19.7 Å². The highest BCUT2D eigenvalue weighted by atomic mass is 35.5. The van der Waals surface area contributed by atoms with Crippen LogP contribution >= 0.6 is 22.9 Å². The summed E-state index contributed by atoms with van der Waals surface area (Å²) >= 11 is 7.46. The van der Waals surface area contributed by atoms with Gasteiger partial charge in [-0.25, -0.2) is 9.67 Å². The van der Waals surface area contributed by atoms with Crippen LogP contribution in [0.4, 0.5) is 13.2 Å². The second-order valence-corrected chi connectivity index (χ2v) is 8.81. The SMILES string of the molecule is O=c1[nH]c(Cn2nc(C3CC3)cc(C(F)(F)F)c2=O)nc2scc(-c3ccccc3Cl)c12. The zero-order valence-corrected chi connectivity index (χ0v) is 17.8. The number of nitrogens with zero attached hydrogens (tertiary/aromatic N) is 3. The van der Waals surface area contributed by atoms with Crippen LogP contribution in [-0.2, 0) is 12.7 Å². The van der Waals surface area contributed by atoms with E-state index in [-0.39, 0.29) is 24.0 Å². The van der Waals surface area contributed by atoms with Gasteiger partial charge in [-0.3, -0.25) is 9.59 Å². The summed E-state index contributed by atoms with van der Waals surface area (Å²) in [4.78, 5) is 32.6. The fourth-order valence-corrected chi connectivity index (χ4v) is 4.73. The summed E-state index contributed by atoms with van der Waals surface area (Å²) in [5.74, 6) is -0.0429. The zero-order valence-electron chi connectivity index (χ0n) is 16.2. The molecule has 11 heteroatoms. The van der Waals surface area contributed by atoms with Crippen LogP contribution in [0.25, 0.3) is 21.3 Å². The van der Waals surface area contributed by atoms with Crippen molar-refractivity contribution < 1.29 is 13.2 Å². The summed E-state index contributed by atoms with van der Waals surface area (Å²) in [5, 5.41) is 6.66. The Balaban J connectivity index is 1.59. The molecule has 1 aliphatic carbocycles. The second-order valence-electron chi connectivity index (χ2n) is 7.54. The van der Waals surface area contributed by atoms with Gasteiger partial charge in [-0.05, 0) is 25.0 Å². The van der Waals surface area contributed by atoms with Crippen LogP contribution in [0.3, 0.4) is 0 Å². The third-order valence-electron chi connectivity index (χ3n) is 5.25. The van der Waals surface area contributed by atoms with E-state index in [0.717, 1.165) is 23.6 Å². The summed E-state index contributed by atoms with van der Waals surface area (Å²) in [5.41, 5.74) is -1.50. The molecular weight excluding hydrogens is 465 g/mol. The quantitative estimate of drug-likeness (QED) is 0.456. The lowest BCUT2D eigenvalue weighted by Gasteiger charge is -2.12. The molecule has 1 N–H and O–H groups in total. The van der Waals surface area contributed by atoms with E-state index in [1.807, 2.05) is 0 Å². The van der Waals surface area contributed by atoms with Crippen LogP contribution < -0.4 is 11.1 Å². The van der Waals surface area contributed by atoms with E-state index < -0.39 is 22.9 Å². The first-order valence-corrected chi connectivity index (χ1v) is 10.9. The van der Waals surface area contributed by atoms with Crippen molar-refractivity contribution in [1.29, 1.82) is 0 Å². The number of aromatic nitrogens is 4. The van der Waals surface area contributed by atoms with Crippen LogP contribution in [0.5, 0.6) is 0 Å². The van der Waals surface area contributed by atoms with Crippen LogP contribution in [0.2, 0.25) is 5.02 Å². The highest BCUT2D eigenvalue weighted by Gasteiger charge is 2.37. The van der Waals surface area contributed by atoms with Crippen LogP contribution in [0.1, 0.15) is 35.8 Å². The smallest absolute Gasteiger partial charge is 0.308 e. The van der Waals surface area contributed by atoms with Gasteiger partial charge in [-0.1, -0.05) is 29.8 Å². The minimum atomic E-state index is -4.80. The fraction of sp³-hybridized carbons (Fsp3) is 0.238. The minimum absolute atomic E-state index is 0.0470. The van der Waals surface area contributed by atoms with Gasteiger partial charge in [-0.15, -0.1) is 11.3 Å². The maximum Gasteiger partial charge on any atom is 0.421 e. The van der Waals surface area contributed by atoms with E-state index in [1.54, 1.807) is 29.6 Å². The molecule has 0 radical (unpaired) electrons. The molecular formula is C21H14ClF3N4O2S. The Morgan fingerprint density at radius 2 is 1.94 bits per heavy atom. The highest BCUT2D eigenvalue weighted by molar-refractivity contribution is 7.17. The molecule has 0 bridgehead atoms. The number of benzene rings is 1. The van der Waals surface area contributed by atoms with Gasteiger partial charge < -0.3 is 4.98 Å². The van der Waals surface area contributed by atoms with Gasteiger partial charge in [-0.2, -0.15) is 18.3 Å². The Hall–Kier alpha value is -2.98. The summed E-state index contributed by atoms with van der Waals surface area (Å²) in [6.07, 6.45) is -3.35. The van der Waals surface area contributed by atoms with Crippen molar-refractivity contribution >= 4 is 33.2 Å². The summed E-state index contributed by atoms with van der Waals surface area (Å²) in [6, 6.07) is 7.88. The molecule has 1 aromatic carbocycles. The first-order valence-electron chi connectivity index (χ1n) is 9.67. The maximum atomic E-state index is 13.4. The van der Waals surface area contributed by atoms with E-state index >= 15 is 0 Å². The molecule has 3 aromatic heterocycles. The van der Waals surface area contributed by atoms with Crippen molar-refractivity contribution in [3.05, 3.63) is 78.5 Å². The van der Waals surface area contributed by atoms with E-state index in [9.17, 15) is 22.8 Å². The lowest BCUT2D eigenvalue weighted by atomic mass is 10.1. The molecule has 5 rings (SSSR count). The first-order chi connectivity index (χ1) is 15.2. The summed E-state index contributed by atoms with van der Waals surface area (Å²) < 4.78 is 40.9. The molecule has 164 valence electrons. The molecule has 0 amide bonds. The predicted octanol–water partition coefficient (Wildman–Crippen LogP) is 4.81. The predicted molar refractivity (Wildman–Crippen MR) is 115 cm³/mol. The largest absolute Gasteiger partial charge is 0.421 e. The number of hydrogen-bond acceptors (Lipinski definition) is 5. The van der Waals surface area contributed by atoms with E-state index in [2.05, 4.69) is 15.1 Å². The van der Waals surface area contributed by atoms with Gasteiger partial charge in [0.25, 0.3) is 11.1 Å². The molecule has 0 aliphatic heterocycles. The third kappa shape index (κ3) is 3.73. The molecule has 4 aromatic rings. The summed E-state index contributed by atoms with van der Waals surface area (Å²) in [6.45, 7) is -0.382. The second kappa shape index (κ2) is 7.56. The molecule has 32 heavy (non-hydrogen) atoms. The maximum absolute atomic E-state index is 13.4. The number of aromatic amines is 1. The lowest BCUT2D eigenvalue weighted by molar-refractivity contribution is -0.139. The molecule has 0 spiro atoms. The molecule has 1 aliphatic rings. The van der Waals surface area contributed by atoms with E-state index in [4.69, 9.17) is 11.6 Å². The van der Waals surface area contributed by atoms with Crippen molar-refractivity contribution in [3.8, 4) is 11.1 Å². The molecule has 3 heterocycles. The standard InChI is InChI=1S/C21H14ClF3N4O2S/c22-14-4-2-1-3-11(14)12-9-32-19-17(12)18(30)26-16(27-19)8-29-20(31)13(21(23,24)25)7-15(28-29)10-5-6-10/h1-4,7,9-10H,5-6,8H2,(H,26,27,30). The number of hydrogen-bond donors (Lipinski definition) is 1. The number of fused-ring (bicyclic) bond motifs is 1. The normalized spacial score (nSPS) is 14.2. The number of halogens is 4. The highest BCUT2D eigenvalue weighted by Crippen LogP contribution is 2.40. The van der Waals surface area contributed by atoms with Crippen molar-refractivity contribution in [2.24, 2.45) is 0 Å². The van der Waals surface area contributed by atoms with Crippen molar-refractivity contribution in [2.45, 2.75) is 31.5 Å². The molecule has 0 saturated heterocycles. The average molecular weight is 479 g/mol. The molecule has 0 unspecified atom stereocenters. The third-order valence-corrected chi connectivity index (χ3v) is 6.45. The minimum Gasteiger partial charge on any atom is -0.308 e. The van der Waals surface area contributed by atoms with Crippen LogP contribution in [0.15, 0.2) is 45.3 Å². The number of alkyl halides is 3. The monoisotopic (exact) mass is 478 g/mol. The van der Waals surface area contributed by atoms with Gasteiger partial charge in [0.1, 0.15) is 22.8 Å². The Morgan fingerprint density at radius 3 is 2.62 bits per heavy atom. The Kier molecular flexibility index (Phi) is 4.94. The Bertz CT molecular complexity index is 1470. The van der Waals surface area contributed by atoms with Gasteiger partial charge in [0.15, 0.2) is 0 Å². The topological polar surface area (TPSA) is 80.6 Å². The number of thiophene rings is 1. The molecule has 6 nitrogen and oxygen atoms in total. The number of rotatable bonds is 4. The van der Waals surface area contributed by atoms with Gasteiger partial charge in [0.05, 0.1) is 11.1 Å². The molecule has 1 saturated carbocycles. The molecule has 0 atom stereocenters. The van der Waals surface area contributed by atoms with Gasteiger partial charge in [0, 0.05) is 27.4 Å². The van der Waals surface area contributed by atoms with E-state index in [0.29, 0.717) is 26.4 Å². The number of H-pyrrole nitrogens is 1. The van der Waals surface area contributed by atoms with Gasteiger partial charge >= 0.3 is 6.18 Å². The first kappa shape index (κ1) is 20.9. The fourth-order valence-electron chi connectivity index (χ4n) is 3.54. The zero-order chi connectivity index (χ0) is 22.6. The average Bonchev–Trinajstić information content (AvgIpc) is 3.49. The van der Waals surface area contributed by atoms with Gasteiger partial charge in [0.2, 0.25) is 0 Å². The van der Waals surface area contributed by atoms with Crippen LogP contribution in [0, 0.1) is 0 Å². The number of nitrogens with one attached hydrogen (secondary N) is 1. The van der Waals surface area contributed by atoms with E-state index in [1.165, 1.54) is 11.3 Å². The van der Waals surface area contributed by atoms with Crippen LogP contribution in [-0.4, -0.2) is 19.7 Å².